The van der Waals surface area contributed by atoms with Crippen molar-refractivity contribution in [1.82, 2.24) is 14.5 Å². The van der Waals surface area contributed by atoms with E-state index in [2.05, 4.69) is 60.5 Å². The predicted molar refractivity (Wildman–Crippen MR) is 86.4 cm³/mol. The Balaban J connectivity index is 2.20. The highest BCUT2D eigenvalue weighted by molar-refractivity contribution is 6.16. The number of fused-ring (bicyclic) bond motifs is 1. The first-order chi connectivity index (χ1) is 9.54. The van der Waals surface area contributed by atoms with Gasteiger partial charge in [0.25, 0.3) is 0 Å². The summed E-state index contributed by atoms with van der Waals surface area (Å²) in [5, 5.41) is 0. The average molecular weight is 294 g/mol. The Labute approximate surface area is 126 Å². The van der Waals surface area contributed by atoms with Gasteiger partial charge >= 0.3 is 0 Å². The molecular weight excluding hydrogens is 270 g/mol. The normalized spacial score (nSPS) is 11.9. The Morgan fingerprint density at radius 2 is 2.10 bits per heavy atom. The molecule has 0 N–H and O–H groups in total. The third-order valence-electron chi connectivity index (χ3n) is 3.94. The van der Waals surface area contributed by atoms with Gasteiger partial charge < -0.3 is 9.47 Å². The predicted octanol–water partition coefficient (Wildman–Crippen LogP) is 3.81. The number of rotatable bonds is 6. The van der Waals surface area contributed by atoms with Crippen LogP contribution in [0.25, 0.3) is 11.0 Å². The Morgan fingerprint density at radius 1 is 1.35 bits per heavy atom. The minimum atomic E-state index is 0.466. The van der Waals surface area contributed by atoms with E-state index in [1.54, 1.807) is 0 Å². The van der Waals surface area contributed by atoms with Crippen molar-refractivity contribution < 1.29 is 0 Å². The molecule has 1 heterocycles. The van der Waals surface area contributed by atoms with E-state index in [1.165, 1.54) is 11.1 Å². The van der Waals surface area contributed by atoms with Crippen LogP contribution in [0.4, 0.5) is 0 Å². The van der Waals surface area contributed by atoms with Crippen molar-refractivity contribution in [3.05, 3.63) is 29.6 Å². The third kappa shape index (κ3) is 3.15. The van der Waals surface area contributed by atoms with Crippen molar-refractivity contribution in [1.29, 1.82) is 0 Å². The van der Waals surface area contributed by atoms with E-state index in [4.69, 9.17) is 11.6 Å². The summed E-state index contributed by atoms with van der Waals surface area (Å²) in [4.78, 5) is 7.01. The zero-order chi connectivity index (χ0) is 14.7. The number of benzene rings is 1. The van der Waals surface area contributed by atoms with Crippen LogP contribution in [0.15, 0.2) is 18.2 Å². The molecule has 0 fully saturated rings. The van der Waals surface area contributed by atoms with Crippen LogP contribution in [-0.4, -0.2) is 34.1 Å². The van der Waals surface area contributed by atoms with Crippen LogP contribution in [0.3, 0.4) is 0 Å². The molecule has 0 unspecified atom stereocenters. The number of imidazole rings is 1. The highest BCUT2D eigenvalue weighted by Gasteiger charge is 2.12. The van der Waals surface area contributed by atoms with Crippen molar-refractivity contribution in [3.8, 4) is 0 Å². The Bertz CT molecular complexity index is 574. The fourth-order valence-corrected chi connectivity index (χ4v) is 2.70. The van der Waals surface area contributed by atoms with E-state index >= 15 is 0 Å². The van der Waals surface area contributed by atoms with Gasteiger partial charge in [0.15, 0.2) is 0 Å². The van der Waals surface area contributed by atoms with E-state index in [-0.39, 0.29) is 0 Å². The summed E-state index contributed by atoms with van der Waals surface area (Å²) in [5.41, 5.74) is 3.55. The molecule has 3 nitrogen and oxygen atoms in total. The number of hydrogen-bond donors (Lipinski definition) is 0. The largest absolute Gasteiger partial charge is 0.327 e. The van der Waals surface area contributed by atoms with Gasteiger partial charge in [-0.15, -0.1) is 11.6 Å². The third-order valence-corrected chi connectivity index (χ3v) is 4.18. The first-order valence-electron chi connectivity index (χ1n) is 7.25. The molecule has 2 aromatic rings. The van der Waals surface area contributed by atoms with Gasteiger partial charge in [0.05, 0.1) is 16.9 Å². The molecule has 0 radical (unpaired) electrons. The van der Waals surface area contributed by atoms with Crippen molar-refractivity contribution in [2.24, 2.45) is 0 Å². The Hall–Kier alpha value is -1.06. The molecule has 1 aromatic heterocycles. The van der Waals surface area contributed by atoms with E-state index in [0.717, 1.165) is 30.9 Å². The molecule has 0 aliphatic rings. The summed E-state index contributed by atoms with van der Waals surface area (Å²) < 4.78 is 2.28. The molecule has 1 aromatic carbocycles. The molecule has 0 amide bonds. The van der Waals surface area contributed by atoms with Crippen molar-refractivity contribution in [2.45, 2.75) is 45.7 Å². The molecule has 0 aliphatic heterocycles. The van der Waals surface area contributed by atoms with E-state index in [1.807, 2.05) is 0 Å². The summed E-state index contributed by atoms with van der Waals surface area (Å²) in [6.45, 7) is 8.64. The van der Waals surface area contributed by atoms with Crippen LogP contribution < -0.4 is 0 Å². The van der Waals surface area contributed by atoms with Gasteiger partial charge in [-0.05, 0) is 52.4 Å². The molecular formula is C16H24ClN3. The smallest absolute Gasteiger partial charge is 0.124 e. The number of aryl methyl sites for hydroxylation is 2. The second-order valence-corrected chi connectivity index (χ2v) is 5.95. The standard InChI is InChI=1S/C16H24ClN3/c1-12(2)19(4)9-6-10-20-15(11-17)18-14-8-5-7-13(3)16(14)20/h5,7-8,12H,6,9-11H2,1-4H3. The number of aromatic nitrogens is 2. The molecule has 0 saturated heterocycles. The fourth-order valence-electron chi connectivity index (χ4n) is 2.49. The number of hydrogen-bond acceptors (Lipinski definition) is 2. The molecule has 0 saturated carbocycles. The number of halogens is 1. The molecule has 0 bridgehead atoms. The maximum absolute atomic E-state index is 6.05. The van der Waals surface area contributed by atoms with Gasteiger partial charge in [0.1, 0.15) is 5.82 Å². The number of para-hydroxylation sites is 1. The zero-order valence-electron chi connectivity index (χ0n) is 12.9. The monoisotopic (exact) mass is 293 g/mol. The lowest BCUT2D eigenvalue weighted by Crippen LogP contribution is -2.28. The van der Waals surface area contributed by atoms with E-state index in [0.29, 0.717) is 11.9 Å². The van der Waals surface area contributed by atoms with Gasteiger partial charge in [0.2, 0.25) is 0 Å². The second kappa shape index (κ2) is 6.59. The maximum Gasteiger partial charge on any atom is 0.124 e. The molecule has 20 heavy (non-hydrogen) atoms. The zero-order valence-corrected chi connectivity index (χ0v) is 13.6. The topological polar surface area (TPSA) is 21.1 Å². The van der Waals surface area contributed by atoms with Crippen LogP contribution in [0.2, 0.25) is 0 Å². The summed E-state index contributed by atoms with van der Waals surface area (Å²) in [7, 11) is 2.17. The van der Waals surface area contributed by atoms with Crippen LogP contribution in [-0.2, 0) is 12.4 Å². The SMILES string of the molecule is Cc1cccc2nc(CCl)n(CCCN(C)C(C)C)c12. The Kier molecular flexibility index (Phi) is 5.06. The summed E-state index contributed by atoms with van der Waals surface area (Å²) in [6.07, 6.45) is 1.11. The average Bonchev–Trinajstić information content (AvgIpc) is 2.78. The fraction of sp³-hybridized carbons (Fsp3) is 0.562. The van der Waals surface area contributed by atoms with E-state index in [9.17, 15) is 0 Å². The number of nitrogens with zero attached hydrogens (tertiary/aromatic N) is 3. The van der Waals surface area contributed by atoms with Crippen molar-refractivity contribution in [3.63, 3.8) is 0 Å². The van der Waals surface area contributed by atoms with Gasteiger partial charge in [-0.2, -0.15) is 0 Å². The van der Waals surface area contributed by atoms with Crippen LogP contribution in [0.1, 0.15) is 31.7 Å². The molecule has 2 rings (SSSR count). The van der Waals surface area contributed by atoms with Crippen molar-refractivity contribution >= 4 is 22.6 Å². The lowest BCUT2D eigenvalue weighted by atomic mass is 10.2. The molecule has 0 aliphatic carbocycles. The molecule has 4 heteroatoms. The minimum Gasteiger partial charge on any atom is -0.327 e. The minimum absolute atomic E-state index is 0.466. The van der Waals surface area contributed by atoms with Crippen LogP contribution >= 0.6 is 11.6 Å². The Morgan fingerprint density at radius 3 is 2.75 bits per heavy atom. The molecule has 0 atom stereocenters. The highest BCUT2D eigenvalue weighted by atomic mass is 35.5. The summed E-state index contributed by atoms with van der Waals surface area (Å²) in [5.74, 6) is 1.44. The molecule has 0 spiro atoms. The van der Waals surface area contributed by atoms with Gasteiger partial charge in [-0.25, -0.2) is 4.98 Å². The van der Waals surface area contributed by atoms with Gasteiger partial charge in [-0.1, -0.05) is 12.1 Å². The highest BCUT2D eigenvalue weighted by Crippen LogP contribution is 2.21. The van der Waals surface area contributed by atoms with Crippen LogP contribution in [0.5, 0.6) is 0 Å². The first kappa shape index (κ1) is 15.3. The summed E-state index contributed by atoms with van der Waals surface area (Å²) in [6, 6.07) is 6.84. The summed E-state index contributed by atoms with van der Waals surface area (Å²) >= 11 is 6.05. The lowest BCUT2D eigenvalue weighted by molar-refractivity contribution is 0.265. The molecule has 110 valence electrons. The van der Waals surface area contributed by atoms with Crippen molar-refractivity contribution in [2.75, 3.05) is 13.6 Å². The van der Waals surface area contributed by atoms with E-state index < -0.39 is 0 Å². The first-order valence-corrected chi connectivity index (χ1v) is 7.79. The second-order valence-electron chi connectivity index (χ2n) is 5.68. The van der Waals surface area contributed by atoms with Gasteiger partial charge in [-0.3, -0.25) is 0 Å². The van der Waals surface area contributed by atoms with Crippen LogP contribution in [0, 0.1) is 6.92 Å². The van der Waals surface area contributed by atoms with Gasteiger partial charge in [0, 0.05) is 12.6 Å². The lowest BCUT2D eigenvalue weighted by Gasteiger charge is -2.21. The maximum atomic E-state index is 6.05. The quantitative estimate of drug-likeness (QED) is 0.755. The number of alkyl halides is 1.